The van der Waals surface area contributed by atoms with Gasteiger partial charge in [-0.05, 0) is 18.2 Å². The lowest BCUT2D eigenvalue weighted by Gasteiger charge is -2.15. The third-order valence-electron chi connectivity index (χ3n) is 7.10. The number of anilines is 1. The van der Waals surface area contributed by atoms with E-state index in [1.165, 1.54) is 29.2 Å². The summed E-state index contributed by atoms with van der Waals surface area (Å²) in [6.45, 7) is 7.97. The van der Waals surface area contributed by atoms with Crippen LogP contribution in [0.4, 0.5) is 19.3 Å². The van der Waals surface area contributed by atoms with Crippen molar-refractivity contribution in [2.75, 3.05) is 23.0 Å². The molecule has 0 N–H and O–H groups in total. The molecule has 2 aromatic heterocycles. The van der Waals surface area contributed by atoms with Crippen LogP contribution < -0.4 is 4.90 Å². The Labute approximate surface area is 204 Å². The minimum Gasteiger partial charge on any atom is -0.442 e. The first-order chi connectivity index (χ1) is 17.2. The van der Waals surface area contributed by atoms with E-state index in [1.54, 1.807) is 6.20 Å². The maximum absolute atomic E-state index is 15.1. The van der Waals surface area contributed by atoms with Gasteiger partial charge in [0.2, 0.25) is 0 Å². The van der Waals surface area contributed by atoms with Crippen molar-refractivity contribution in [3.63, 3.8) is 0 Å². The number of sulfone groups is 1. The van der Waals surface area contributed by atoms with Gasteiger partial charge in [-0.25, -0.2) is 33.2 Å². The molecule has 1 aliphatic carbocycles. The normalized spacial score (nSPS) is 28.0. The summed E-state index contributed by atoms with van der Waals surface area (Å²) in [4.78, 5) is 21.5. The highest BCUT2D eigenvalue weighted by Gasteiger charge is 2.79. The van der Waals surface area contributed by atoms with E-state index in [0.717, 1.165) is 17.0 Å². The van der Waals surface area contributed by atoms with Gasteiger partial charge in [0.05, 0.1) is 53.9 Å². The van der Waals surface area contributed by atoms with Gasteiger partial charge in [-0.2, -0.15) is 0 Å². The Balaban J connectivity index is 1.23. The highest BCUT2D eigenvalue weighted by molar-refractivity contribution is 7.91. The zero-order valence-electron chi connectivity index (χ0n) is 18.6. The van der Waals surface area contributed by atoms with Crippen molar-refractivity contribution >= 4 is 21.6 Å². The molecule has 13 heteroatoms. The number of hydrogen-bond acceptors (Lipinski definition) is 7. The number of cyclic esters (lactones) is 1. The fourth-order valence-corrected chi connectivity index (χ4v) is 7.57. The lowest BCUT2D eigenvalue weighted by molar-refractivity contribution is 0.129. The summed E-state index contributed by atoms with van der Waals surface area (Å²) in [6.07, 6.45) is 3.10. The molecule has 6 rings (SSSR count). The van der Waals surface area contributed by atoms with Crippen LogP contribution in [0.1, 0.15) is 5.69 Å². The first-order valence-electron chi connectivity index (χ1n) is 11.1. The van der Waals surface area contributed by atoms with Gasteiger partial charge in [0.1, 0.15) is 23.4 Å². The Morgan fingerprint density at radius 3 is 2.50 bits per heavy atom. The molecule has 2 aliphatic heterocycles. The van der Waals surface area contributed by atoms with E-state index in [0.29, 0.717) is 5.69 Å². The van der Waals surface area contributed by atoms with Crippen LogP contribution in [0.3, 0.4) is 0 Å². The number of carbonyl (C=O) groups is 1. The molecule has 1 aromatic carbocycles. The molecule has 0 bridgehead atoms. The molecule has 1 amide bonds. The number of nitrogens with zero attached hydrogens (tertiary/aromatic N) is 6. The van der Waals surface area contributed by atoms with E-state index >= 15 is 8.78 Å². The molecule has 3 aliphatic rings. The van der Waals surface area contributed by atoms with Crippen LogP contribution in [0, 0.1) is 30.0 Å². The number of amides is 1. The van der Waals surface area contributed by atoms with Crippen LogP contribution in [0.15, 0.2) is 42.9 Å². The minimum absolute atomic E-state index is 0.0170. The summed E-state index contributed by atoms with van der Waals surface area (Å²) >= 11 is 0. The zero-order chi connectivity index (χ0) is 25.2. The van der Waals surface area contributed by atoms with Gasteiger partial charge in [-0.15, -0.1) is 5.10 Å². The van der Waals surface area contributed by atoms with E-state index in [4.69, 9.17) is 11.3 Å². The maximum atomic E-state index is 15.1. The van der Waals surface area contributed by atoms with Crippen molar-refractivity contribution in [2.45, 2.75) is 18.2 Å². The summed E-state index contributed by atoms with van der Waals surface area (Å²) in [5, 5.41) is 7.50. The van der Waals surface area contributed by atoms with Crippen molar-refractivity contribution in [3.8, 4) is 11.1 Å². The smallest absolute Gasteiger partial charge is 0.414 e. The summed E-state index contributed by atoms with van der Waals surface area (Å²) < 4.78 is 60.6. The van der Waals surface area contributed by atoms with Gasteiger partial charge in [0.25, 0.3) is 5.54 Å². The molecule has 0 spiro atoms. The van der Waals surface area contributed by atoms with E-state index in [-0.39, 0.29) is 53.2 Å². The van der Waals surface area contributed by atoms with Crippen molar-refractivity contribution in [3.05, 3.63) is 71.6 Å². The van der Waals surface area contributed by atoms with Crippen LogP contribution >= 0.6 is 0 Å². The molecule has 1 unspecified atom stereocenters. The fraction of sp³-hybridized carbons (Fsp3) is 0.348. The topological polar surface area (TPSA) is 112 Å². The highest BCUT2D eigenvalue weighted by atomic mass is 32.2. The predicted molar refractivity (Wildman–Crippen MR) is 121 cm³/mol. The number of hydrogen-bond donors (Lipinski definition) is 0. The van der Waals surface area contributed by atoms with Gasteiger partial charge >= 0.3 is 6.09 Å². The van der Waals surface area contributed by atoms with Crippen molar-refractivity contribution in [1.29, 1.82) is 0 Å². The average molecular weight is 512 g/mol. The van der Waals surface area contributed by atoms with Gasteiger partial charge in [-0.1, -0.05) is 11.3 Å². The number of fused-ring (bicyclic) bond motifs is 1. The van der Waals surface area contributed by atoms with Crippen LogP contribution in [0.25, 0.3) is 16.0 Å². The number of halogens is 2. The van der Waals surface area contributed by atoms with E-state index < -0.39 is 39.2 Å². The van der Waals surface area contributed by atoms with Crippen molar-refractivity contribution in [1.82, 2.24) is 20.0 Å². The number of ether oxygens (including phenoxy) is 1. The van der Waals surface area contributed by atoms with E-state index in [1.807, 2.05) is 0 Å². The van der Waals surface area contributed by atoms with Crippen molar-refractivity contribution < 1.29 is 26.7 Å². The Kier molecular flexibility index (Phi) is 4.88. The van der Waals surface area contributed by atoms with Crippen LogP contribution in [0.5, 0.6) is 0 Å². The molecule has 0 radical (unpaired) electrons. The van der Waals surface area contributed by atoms with E-state index in [2.05, 4.69) is 20.1 Å². The summed E-state index contributed by atoms with van der Waals surface area (Å²) in [5.41, 5.74) is -0.735. The molecule has 184 valence electrons. The van der Waals surface area contributed by atoms with Gasteiger partial charge in [0, 0.05) is 18.0 Å². The second-order valence-electron chi connectivity index (χ2n) is 9.19. The van der Waals surface area contributed by atoms with Crippen LogP contribution in [-0.4, -0.2) is 58.6 Å². The second kappa shape index (κ2) is 7.79. The van der Waals surface area contributed by atoms with Gasteiger partial charge in [0.15, 0.2) is 9.84 Å². The standard InChI is InChI=1S/C23H18F2N6O4S/c1-26-23(16-11-36(33,34)12-17(16)23)20-3-2-13(8-27-20)21-18(24)6-14(7-19(21)25)31-10-15(35-22(31)32)9-30-5-4-28-29-30/h2-8,15-17H,9-12H2/t15-,16-,17+,23?/m0/s1. The summed E-state index contributed by atoms with van der Waals surface area (Å²) in [5.74, 6) is -2.48. The van der Waals surface area contributed by atoms with Crippen molar-refractivity contribution in [2.24, 2.45) is 11.8 Å². The lowest BCUT2D eigenvalue weighted by atomic mass is 10.0. The maximum Gasteiger partial charge on any atom is 0.414 e. The molecule has 1 saturated carbocycles. The molecule has 10 nitrogen and oxygen atoms in total. The molecule has 36 heavy (non-hydrogen) atoms. The number of carbonyl (C=O) groups excluding carboxylic acids is 1. The zero-order valence-corrected chi connectivity index (χ0v) is 19.4. The quantitative estimate of drug-likeness (QED) is 0.483. The van der Waals surface area contributed by atoms with Gasteiger partial charge in [-0.3, -0.25) is 9.88 Å². The Morgan fingerprint density at radius 1 is 1.19 bits per heavy atom. The summed E-state index contributed by atoms with van der Waals surface area (Å²) in [7, 11) is -3.14. The molecule has 2 saturated heterocycles. The van der Waals surface area contributed by atoms with E-state index in [9.17, 15) is 13.2 Å². The third kappa shape index (κ3) is 3.43. The number of pyridine rings is 1. The highest BCUT2D eigenvalue weighted by Crippen LogP contribution is 2.65. The summed E-state index contributed by atoms with van der Waals surface area (Å²) in [6, 6.07) is 5.11. The molecule has 4 heterocycles. The fourth-order valence-electron chi connectivity index (χ4n) is 5.36. The molecular formula is C23H18F2N6O4S. The Bertz CT molecular complexity index is 1480. The SMILES string of the molecule is [C-]#[N+]C1(c2ccc(-c3c(F)cc(N4C[C@H](Cn5ccnn5)OC4=O)cc3F)cn2)[C@@H]2CS(=O)(=O)C[C@@H]21. The lowest BCUT2D eigenvalue weighted by Crippen LogP contribution is -2.26. The van der Waals surface area contributed by atoms with Crippen LogP contribution in [-0.2, 0) is 26.7 Å². The Morgan fingerprint density at radius 2 is 1.92 bits per heavy atom. The third-order valence-corrected chi connectivity index (χ3v) is 8.83. The molecular weight excluding hydrogens is 494 g/mol. The second-order valence-corrected chi connectivity index (χ2v) is 11.3. The first-order valence-corrected chi connectivity index (χ1v) is 12.9. The minimum atomic E-state index is -3.14. The predicted octanol–water partition coefficient (Wildman–Crippen LogP) is 2.43. The Hall–Kier alpha value is -3.92. The monoisotopic (exact) mass is 512 g/mol. The molecule has 4 atom stereocenters. The van der Waals surface area contributed by atoms with Gasteiger partial charge < -0.3 is 9.58 Å². The average Bonchev–Trinajstić information content (AvgIpc) is 3.29. The number of benzene rings is 1. The molecule has 3 fully saturated rings. The van der Waals surface area contributed by atoms with Crippen LogP contribution in [0.2, 0.25) is 0 Å². The number of rotatable bonds is 5. The first kappa shape index (κ1) is 22.5. The number of aromatic nitrogens is 4. The largest absolute Gasteiger partial charge is 0.442 e. The molecule has 3 aromatic rings.